The zero-order valence-corrected chi connectivity index (χ0v) is 10.8. The van der Waals surface area contributed by atoms with Crippen LogP contribution in [0.4, 0.5) is 9.18 Å². The first-order valence-corrected chi connectivity index (χ1v) is 6.16. The number of benzene rings is 1. The van der Waals surface area contributed by atoms with Gasteiger partial charge >= 0.3 is 12.0 Å². The molecule has 0 saturated carbocycles. The van der Waals surface area contributed by atoms with Gasteiger partial charge in [-0.05, 0) is 18.1 Å². The van der Waals surface area contributed by atoms with Gasteiger partial charge < -0.3 is 20.8 Å². The molecule has 20 heavy (non-hydrogen) atoms. The maximum absolute atomic E-state index is 13.3. The number of amides is 2. The number of aliphatic carboxylic acids is 1. The molecule has 110 valence electrons. The van der Waals surface area contributed by atoms with Crippen LogP contribution < -0.4 is 10.6 Å². The van der Waals surface area contributed by atoms with Gasteiger partial charge in [0.2, 0.25) is 0 Å². The van der Waals surface area contributed by atoms with E-state index >= 15 is 0 Å². The van der Waals surface area contributed by atoms with E-state index in [0.717, 1.165) is 0 Å². The van der Waals surface area contributed by atoms with Gasteiger partial charge in [-0.15, -0.1) is 0 Å². The van der Waals surface area contributed by atoms with Crippen molar-refractivity contribution in [2.75, 3.05) is 13.1 Å². The van der Waals surface area contributed by atoms with Crippen molar-refractivity contribution in [3.05, 3.63) is 35.6 Å². The SMILES string of the molecule is O=C(NCCc1ccccc1F)NCCC(O)C(=O)O. The van der Waals surface area contributed by atoms with Crippen LogP contribution in [0.3, 0.4) is 0 Å². The molecule has 2 amide bonds. The van der Waals surface area contributed by atoms with Crippen LogP contribution in [0.25, 0.3) is 0 Å². The fourth-order valence-electron chi connectivity index (χ4n) is 1.52. The van der Waals surface area contributed by atoms with Gasteiger partial charge in [-0.3, -0.25) is 0 Å². The van der Waals surface area contributed by atoms with Crippen molar-refractivity contribution < 1.29 is 24.2 Å². The number of carboxylic acids is 1. The molecule has 7 heteroatoms. The fourth-order valence-corrected chi connectivity index (χ4v) is 1.52. The molecule has 0 bridgehead atoms. The number of carbonyl (C=O) groups is 2. The third kappa shape index (κ3) is 5.66. The number of carboxylic acid groups (broad SMARTS) is 1. The highest BCUT2D eigenvalue weighted by atomic mass is 19.1. The van der Waals surface area contributed by atoms with E-state index in [0.29, 0.717) is 12.0 Å². The van der Waals surface area contributed by atoms with Crippen LogP contribution >= 0.6 is 0 Å². The van der Waals surface area contributed by atoms with Gasteiger partial charge in [-0.1, -0.05) is 18.2 Å². The first-order valence-electron chi connectivity index (χ1n) is 6.16. The number of rotatable bonds is 7. The summed E-state index contributed by atoms with van der Waals surface area (Å²) in [6.07, 6.45) is -1.21. The summed E-state index contributed by atoms with van der Waals surface area (Å²) in [5.74, 6) is -1.65. The minimum absolute atomic E-state index is 0.0407. The zero-order valence-electron chi connectivity index (χ0n) is 10.8. The topological polar surface area (TPSA) is 98.7 Å². The summed E-state index contributed by atoms with van der Waals surface area (Å²) >= 11 is 0. The molecule has 1 atom stereocenters. The normalized spacial score (nSPS) is 11.7. The minimum atomic E-state index is -1.49. The predicted molar refractivity (Wildman–Crippen MR) is 69.8 cm³/mol. The minimum Gasteiger partial charge on any atom is -0.479 e. The highest BCUT2D eigenvalue weighted by Crippen LogP contribution is 2.05. The molecule has 4 N–H and O–H groups in total. The molecule has 1 aromatic rings. The summed E-state index contributed by atoms with van der Waals surface area (Å²) in [5.41, 5.74) is 0.508. The summed E-state index contributed by atoms with van der Waals surface area (Å²) < 4.78 is 13.3. The lowest BCUT2D eigenvalue weighted by Crippen LogP contribution is -2.38. The molecule has 0 fully saturated rings. The highest BCUT2D eigenvalue weighted by Gasteiger charge is 2.12. The average Bonchev–Trinajstić information content (AvgIpc) is 2.40. The highest BCUT2D eigenvalue weighted by molar-refractivity contribution is 5.74. The van der Waals surface area contributed by atoms with E-state index < -0.39 is 18.1 Å². The van der Waals surface area contributed by atoms with Crippen molar-refractivity contribution in [3.63, 3.8) is 0 Å². The number of aliphatic hydroxyl groups is 1. The molecule has 0 heterocycles. The Kier molecular flexibility index (Phi) is 6.45. The second-order valence-electron chi connectivity index (χ2n) is 4.17. The summed E-state index contributed by atoms with van der Waals surface area (Å²) in [6.45, 7) is 0.299. The monoisotopic (exact) mass is 284 g/mol. The second kappa shape index (κ2) is 8.11. The van der Waals surface area contributed by atoms with E-state index in [-0.39, 0.29) is 25.3 Å². The Labute approximate surface area is 115 Å². The second-order valence-corrected chi connectivity index (χ2v) is 4.17. The summed E-state index contributed by atoms with van der Waals surface area (Å²) in [6, 6.07) is 5.80. The molecular weight excluding hydrogens is 267 g/mol. The fraction of sp³-hybridized carbons (Fsp3) is 0.385. The third-order valence-corrected chi connectivity index (χ3v) is 2.63. The predicted octanol–water partition coefficient (Wildman–Crippen LogP) is 0.503. The molecule has 6 nitrogen and oxygen atoms in total. The standard InChI is InChI=1S/C13H17FN2O4/c14-10-4-2-1-3-9(10)5-7-15-13(20)16-8-6-11(17)12(18)19/h1-4,11,17H,5-8H2,(H,18,19)(H2,15,16,20). The molecule has 1 aromatic carbocycles. The van der Waals surface area contributed by atoms with Crippen LogP contribution in [-0.4, -0.2) is 41.4 Å². The van der Waals surface area contributed by atoms with Crippen LogP contribution in [-0.2, 0) is 11.2 Å². The van der Waals surface area contributed by atoms with Gasteiger partial charge in [0.05, 0.1) is 0 Å². The van der Waals surface area contributed by atoms with Crippen molar-refractivity contribution in [1.82, 2.24) is 10.6 Å². The van der Waals surface area contributed by atoms with E-state index in [2.05, 4.69) is 10.6 Å². The van der Waals surface area contributed by atoms with Crippen LogP contribution in [0.1, 0.15) is 12.0 Å². The van der Waals surface area contributed by atoms with Gasteiger partial charge in [-0.25, -0.2) is 14.0 Å². The molecule has 0 radical (unpaired) electrons. The summed E-state index contributed by atoms with van der Waals surface area (Å²) in [7, 11) is 0. The van der Waals surface area contributed by atoms with Crippen molar-refractivity contribution in [2.45, 2.75) is 18.9 Å². The molecule has 0 aliphatic carbocycles. The Bertz CT molecular complexity index is 467. The number of nitrogens with one attached hydrogen (secondary N) is 2. The molecule has 0 aromatic heterocycles. The largest absolute Gasteiger partial charge is 0.479 e. The van der Waals surface area contributed by atoms with E-state index in [9.17, 15) is 14.0 Å². The molecule has 0 aliphatic rings. The Hall–Kier alpha value is -2.15. The zero-order chi connectivity index (χ0) is 15.0. The van der Waals surface area contributed by atoms with Crippen LogP contribution in [0, 0.1) is 5.82 Å². The van der Waals surface area contributed by atoms with Gasteiger partial charge in [0.1, 0.15) is 5.82 Å². The van der Waals surface area contributed by atoms with E-state index in [1.165, 1.54) is 6.07 Å². The van der Waals surface area contributed by atoms with Gasteiger partial charge in [-0.2, -0.15) is 0 Å². The first-order chi connectivity index (χ1) is 9.50. The number of aliphatic hydroxyl groups excluding tert-OH is 1. The average molecular weight is 284 g/mol. The Morgan fingerprint density at radius 1 is 1.20 bits per heavy atom. The number of urea groups is 1. The van der Waals surface area contributed by atoms with Crippen molar-refractivity contribution in [1.29, 1.82) is 0 Å². The van der Waals surface area contributed by atoms with Crippen LogP contribution in [0.5, 0.6) is 0 Å². The van der Waals surface area contributed by atoms with Crippen molar-refractivity contribution in [3.8, 4) is 0 Å². The smallest absolute Gasteiger partial charge is 0.332 e. The van der Waals surface area contributed by atoms with Crippen molar-refractivity contribution >= 4 is 12.0 Å². The molecule has 0 saturated heterocycles. The number of halogens is 1. The van der Waals surface area contributed by atoms with Gasteiger partial charge in [0.15, 0.2) is 6.10 Å². The maximum Gasteiger partial charge on any atom is 0.332 e. The molecule has 0 aliphatic heterocycles. The molecule has 1 rings (SSSR count). The molecular formula is C13H17FN2O4. The van der Waals surface area contributed by atoms with E-state index in [1.54, 1.807) is 18.2 Å². The third-order valence-electron chi connectivity index (χ3n) is 2.63. The summed E-state index contributed by atoms with van der Waals surface area (Å²) in [4.78, 5) is 21.6. The maximum atomic E-state index is 13.3. The number of hydrogen-bond donors (Lipinski definition) is 4. The first kappa shape index (κ1) is 15.9. The van der Waals surface area contributed by atoms with Crippen molar-refractivity contribution in [2.24, 2.45) is 0 Å². The van der Waals surface area contributed by atoms with Crippen LogP contribution in [0.15, 0.2) is 24.3 Å². The Morgan fingerprint density at radius 2 is 1.85 bits per heavy atom. The Balaban J connectivity index is 2.18. The lowest BCUT2D eigenvalue weighted by molar-refractivity contribution is -0.146. The molecule has 0 spiro atoms. The molecule has 1 unspecified atom stereocenters. The quantitative estimate of drug-likeness (QED) is 0.586. The lowest BCUT2D eigenvalue weighted by atomic mass is 10.1. The van der Waals surface area contributed by atoms with Gasteiger partial charge in [0.25, 0.3) is 0 Å². The van der Waals surface area contributed by atoms with Crippen LogP contribution in [0.2, 0.25) is 0 Å². The number of carbonyl (C=O) groups excluding carboxylic acids is 1. The lowest BCUT2D eigenvalue weighted by Gasteiger charge is -2.09. The number of hydrogen-bond acceptors (Lipinski definition) is 3. The van der Waals surface area contributed by atoms with Gasteiger partial charge in [0, 0.05) is 19.5 Å². The Morgan fingerprint density at radius 3 is 2.50 bits per heavy atom. The van der Waals surface area contributed by atoms with E-state index in [4.69, 9.17) is 10.2 Å². The summed E-state index contributed by atoms with van der Waals surface area (Å²) in [5, 5.41) is 22.3. The van der Waals surface area contributed by atoms with E-state index in [1.807, 2.05) is 0 Å².